The van der Waals surface area contributed by atoms with E-state index in [1.165, 1.54) is 0 Å². The molecule has 104 valence electrons. The molecule has 0 saturated carbocycles. The van der Waals surface area contributed by atoms with E-state index in [-0.39, 0.29) is 11.7 Å². The first-order chi connectivity index (χ1) is 10.3. The predicted molar refractivity (Wildman–Crippen MR) is 84.5 cm³/mol. The second kappa shape index (κ2) is 6.23. The minimum Gasteiger partial charge on any atom is -0.364 e. The zero-order chi connectivity index (χ0) is 14.5. The van der Waals surface area contributed by atoms with Crippen LogP contribution in [-0.4, -0.2) is 10.8 Å². The van der Waals surface area contributed by atoms with Crippen molar-refractivity contribution in [1.82, 2.24) is 4.98 Å². The first-order valence-electron chi connectivity index (χ1n) is 7.11. The molecule has 1 aromatic heterocycles. The summed E-state index contributed by atoms with van der Waals surface area (Å²) in [6.07, 6.45) is 2.37. The Labute approximate surface area is 124 Å². The van der Waals surface area contributed by atoms with E-state index in [1.807, 2.05) is 66.9 Å². The standard InChI is InChI=1S/C19H17NO/c21-19(16-10-5-2-6-11-16)14-17(18-12-7-13-20-18)15-8-3-1-4-9-15/h1-13,17,20H,14H2. The molecule has 0 aliphatic rings. The Morgan fingerprint density at radius 1 is 0.857 bits per heavy atom. The summed E-state index contributed by atoms with van der Waals surface area (Å²) in [5, 5.41) is 0. The zero-order valence-corrected chi connectivity index (χ0v) is 11.7. The van der Waals surface area contributed by atoms with Crippen molar-refractivity contribution in [3.8, 4) is 0 Å². The molecule has 0 spiro atoms. The van der Waals surface area contributed by atoms with Crippen LogP contribution in [0.15, 0.2) is 79.0 Å². The molecule has 1 atom stereocenters. The molecule has 2 aromatic carbocycles. The lowest BCUT2D eigenvalue weighted by Crippen LogP contribution is -2.09. The van der Waals surface area contributed by atoms with Crippen molar-refractivity contribution >= 4 is 5.78 Å². The number of hydrogen-bond acceptors (Lipinski definition) is 1. The molecule has 1 N–H and O–H groups in total. The molecule has 0 saturated heterocycles. The van der Waals surface area contributed by atoms with Crippen LogP contribution >= 0.6 is 0 Å². The smallest absolute Gasteiger partial charge is 0.163 e. The number of ketones is 1. The summed E-state index contributed by atoms with van der Waals surface area (Å²) < 4.78 is 0. The summed E-state index contributed by atoms with van der Waals surface area (Å²) >= 11 is 0. The molecular formula is C19H17NO. The van der Waals surface area contributed by atoms with E-state index >= 15 is 0 Å². The topological polar surface area (TPSA) is 32.9 Å². The van der Waals surface area contributed by atoms with Gasteiger partial charge in [0.05, 0.1) is 0 Å². The molecule has 2 nitrogen and oxygen atoms in total. The fraction of sp³-hybridized carbons (Fsp3) is 0.105. The number of rotatable bonds is 5. The van der Waals surface area contributed by atoms with Crippen LogP contribution in [0.25, 0.3) is 0 Å². The van der Waals surface area contributed by atoms with Crippen molar-refractivity contribution in [3.05, 3.63) is 95.8 Å². The number of carbonyl (C=O) groups excluding carboxylic acids is 1. The number of aromatic amines is 1. The molecule has 2 heteroatoms. The van der Waals surface area contributed by atoms with Crippen molar-refractivity contribution in [2.75, 3.05) is 0 Å². The minimum absolute atomic E-state index is 0.0638. The van der Waals surface area contributed by atoms with Crippen LogP contribution < -0.4 is 0 Å². The fourth-order valence-electron chi connectivity index (χ4n) is 2.58. The molecule has 3 rings (SSSR count). The van der Waals surface area contributed by atoms with Crippen LogP contribution in [0, 0.1) is 0 Å². The Balaban J connectivity index is 1.89. The summed E-state index contributed by atoms with van der Waals surface area (Å²) in [7, 11) is 0. The highest BCUT2D eigenvalue weighted by atomic mass is 16.1. The van der Waals surface area contributed by atoms with Gasteiger partial charge in [-0.3, -0.25) is 4.79 Å². The van der Waals surface area contributed by atoms with Gasteiger partial charge in [-0.1, -0.05) is 60.7 Å². The Morgan fingerprint density at radius 2 is 1.52 bits per heavy atom. The van der Waals surface area contributed by atoms with Gasteiger partial charge in [0.25, 0.3) is 0 Å². The predicted octanol–water partition coefficient (Wildman–Crippen LogP) is 4.42. The van der Waals surface area contributed by atoms with Crippen LogP contribution in [-0.2, 0) is 0 Å². The fourth-order valence-corrected chi connectivity index (χ4v) is 2.58. The molecule has 0 bridgehead atoms. The number of Topliss-reactive ketones (excluding diaryl/α,β-unsaturated/α-hetero) is 1. The van der Waals surface area contributed by atoms with Gasteiger partial charge in [-0.2, -0.15) is 0 Å². The van der Waals surface area contributed by atoms with Crippen molar-refractivity contribution in [1.29, 1.82) is 0 Å². The maximum atomic E-state index is 12.5. The number of benzene rings is 2. The molecule has 3 aromatic rings. The van der Waals surface area contributed by atoms with Crippen LogP contribution in [0.2, 0.25) is 0 Å². The van der Waals surface area contributed by atoms with Gasteiger partial charge in [0, 0.05) is 29.8 Å². The summed E-state index contributed by atoms with van der Waals surface area (Å²) in [6, 6.07) is 23.7. The van der Waals surface area contributed by atoms with E-state index < -0.39 is 0 Å². The highest BCUT2D eigenvalue weighted by Gasteiger charge is 2.19. The normalized spacial score (nSPS) is 12.0. The third-order valence-electron chi connectivity index (χ3n) is 3.68. The number of H-pyrrole nitrogens is 1. The lowest BCUT2D eigenvalue weighted by atomic mass is 9.89. The Hall–Kier alpha value is -2.61. The lowest BCUT2D eigenvalue weighted by molar-refractivity contribution is 0.0977. The van der Waals surface area contributed by atoms with E-state index in [0.717, 1.165) is 16.8 Å². The van der Waals surface area contributed by atoms with E-state index in [1.54, 1.807) is 0 Å². The summed E-state index contributed by atoms with van der Waals surface area (Å²) in [5.74, 6) is 0.230. The molecule has 0 radical (unpaired) electrons. The number of nitrogens with one attached hydrogen (secondary N) is 1. The molecule has 0 fully saturated rings. The zero-order valence-electron chi connectivity index (χ0n) is 11.7. The monoisotopic (exact) mass is 275 g/mol. The van der Waals surface area contributed by atoms with Gasteiger partial charge < -0.3 is 4.98 Å². The molecule has 0 aliphatic carbocycles. The summed E-state index contributed by atoms with van der Waals surface area (Å²) in [6.45, 7) is 0. The Morgan fingerprint density at radius 3 is 2.14 bits per heavy atom. The number of carbonyl (C=O) groups is 1. The second-order valence-corrected chi connectivity index (χ2v) is 5.08. The van der Waals surface area contributed by atoms with Crippen molar-refractivity contribution in [3.63, 3.8) is 0 Å². The van der Waals surface area contributed by atoms with E-state index in [0.29, 0.717) is 6.42 Å². The van der Waals surface area contributed by atoms with Crippen molar-refractivity contribution in [2.24, 2.45) is 0 Å². The molecule has 0 aliphatic heterocycles. The first-order valence-corrected chi connectivity index (χ1v) is 7.11. The SMILES string of the molecule is O=C(CC(c1ccccc1)c1ccc[nH]1)c1ccccc1. The maximum absolute atomic E-state index is 12.5. The second-order valence-electron chi connectivity index (χ2n) is 5.08. The van der Waals surface area contributed by atoms with Crippen LogP contribution in [0.1, 0.15) is 34.0 Å². The summed E-state index contributed by atoms with van der Waals surface area (Å²) in [5.41, 5.74) is 3.00. The highest BCUT2D eigenvalue weighted by Crippen LogP contribution is 2.28. The average Bonchev–Trinajstić information content (AvgIpc) is 3.08. The Kier molecular flexibility index (Phi) is 3.97. The quantitative estimate of drug-likeness (QED) is 0.687. The van der Waals surface area contributed by atoms with E-state index in [2.05, 4.69) is 17.1 Å². The molecular weight excluding hydrogens is 258 g/mol. The first kappa shape index (κ1) is 13.4. The van der Waals surface area contributed by atoms with Crippen LogP contribution in [0.3, 0.4) is 0 Å². The third-order valence-corrected chi connectivity index (χ3v) is 3.68. The van der Waals surface area contributed by atoms with Gasteiger partial charge in [-0.15, -0.1) is 0 Å². The van der Waals surface area contributed by atoms with Crippen LogP contribution in [0.5, 0.6) is 0 Å². The van der Waals surface area contributed by atoms with Gasteiger partial charge in [0.2, 0.25) is 0 Å². The number of hydrogen-bond donors (Lipinski definition) is 1. The largest absolute Gasteiger partial charge is 0.364 e. The Bertz CT molecular complexity index is 687. The van der Waals surface area contributed by atoms with Gasteiger partial charge in [-0.05, 0) is 17.7 Å². The molecule has 1 heterocycles. The van der Waals surface area contributed by atoms with Gasteiger partial charge in [-0.25, -0.2) is 0 Å². The van der Waals surface area contributed by atoms with Crippen LogP contribution in [0.4, 0.5) is 0 Å². The average molecular weight is 275 g/mol. The lowest BCUT2D eigenvalue weighted by Gasteiger charge is -2.15. The highest BCUT2D eigenvalue weighted by molar-refractivity contribution is 5.96. The number of aromatic nitrogens is 1. The van der Waals surface area contributed by atoms with Gasteiger partial charge in [0.1, 0.15) is 0 Å². The maximum Gasteiger partial charge on any atom is 0.163 e. The third kappa shape index (κ3) is 3.11. The van der Waals surface area contributed by atoms with Gasteiger partial charge in [0.15, 0.2) is 5.78 Å². The molecule has 0 amide bonds. The van der Waals surface area contributed by atoms with Crippen molar-refractivity contribution in [2.45, 2.75) is 12.3 Å². The van der Waals surface area contributed by atoms with E-state index in [4.69, 9.17) is 0 Å². The molecule has 21 heavy (non-hydrogen) atoms. The van der Waals surface area contributed by atoms with E-state index in [9.17, 15) is 4.79 Å². The minimum atomic E-state index is 0.0638. The van der Waals surface area contributed by atoms with Gasteiger partial charge >= 0.3 is 0 Å². The summed E-state index contributed by atoms with van der Waals surface area (Å²) in [4.78, 5) is 15.8. The van der Waals surface area contributed by atoms with Crippen molar-refractivity contribution < 1.29 is 4.79 Å². The molecule has 1 unspecified atom stereocenters.